The van der Waals surface area contributed by atoms with Gasteiger partial charge in [0.15, 0.2) is 0 Å². The first-order valence-electron chi connectivity index (χ1n) is 8.93. The first kappa shape index (κ1) is 17.7. The van der Waals surface area contributed by atoms with Crippen LogP contribution in [0.5, 0.6) is 0 Å². The number of fused-ring (bicyclic) bond motifs is 1. The third-order valence-electron chi connectivity index (χ3n) is 5.04. The monoisotopic (exact) mass is 373 g/mol. The lowest BCUT2D eigenvalue weighted by Gasteiger charge is -2.32. The zero-order valence-electron chi connectivity index (χ0n) is 14.8. The molecule has 0 aliphatic carbocycles. The average Bonchev–Trinajstić information content (AvgIpc) is 3.10. The maximum Gasteiger partial charge on any atom is 0.240 e. The molecule has 2 unspecified atom stereocenters. The summed E-state index contributed by atoms with van der Waals surface area (Å²) in [4.78, 5) is 0.287. The van der Waals surface area contributed by atoms with Crippen LogP contribution in [0, 0.1) is 6.92 Å². The summed E-state index contributed by atoms with van der Waals surface area (Å²) in [5.41, 5.74) is 4.18. The van der Waals surface area contributed by atoms with E-state index in [1.165, 1.54) is 5.56 Å². The van der Waals surface area contributed by atoms with Crippen molar-refractivity contribution in [1.82, 2.24) is 4.72 Å². The topological polar surface area (TPSA) is 64.6 Å². The van der Waals surface area contributed by atoms with Crippen LogP contribution in [0.25, 0.3) is 0 Å². The van der Waals surface area contributed by atoms with E-state index in [4.69, 9.17) is 9.47 Å². The maximum atomic E-state index is 12.9. The van der Waals surface area contributed by atoms with E-state index in [-0.39, 0.29) is 17.0 Å². The number of hydrogen-bond donors (Lipinski definition) is 1. The third kappa shape index (κ3) is 3.55. The van der Waals surface area contributed by atoms with Gasteiger partial charge in [0.1, 0.15) is 0 Å². The highest BCUT2D eigenvalue weighted by atomic mass is 32.2. The predicted octanol–water partition coefficient (Wildman–Crippen LogP) is 3.22. The molecule has 0 bridgehead atoms. The minimum atomic E-state index is -3.62. The second-order valence-electron chi connectivity index (χ2n) is 7.00. The molecule has 2 atom stereocenters. The van der Waals surface area contributed by atoms with Crippen molar-refractivity contribution in [3.8, 4) is 0 Å². The summed E-state index contributed by atoms with van der Waals surface area (Å²) in [6, 6.07) is 13.0. The molecule has 0 saturated carbocycles. The average molecular weight is 373 g/mol. The van der Waals surface area contributed by atoms with Crippen LogP contribution in [-0.2, 0) is 32.7 Å². The molecule has 0 amide bonds. The molecule has 0 aromatic heterocycles. The fourth-order valence-electron chi connectivity index (χ4n) is 3.57. The van der Waals surface area contributed by atoms with Gasteiger partial charge in [-0.05, 0) is 48.6 Å². The van der Waals surface area contributed by atoms with Crippen molar-refractivity contribution in [1.29, 1.82) is 0 Å². The molecule has 6 heteroatoms. The van der Waals surface area contributed by atoms with Crippen molar-refractivity contribution in [2.45, 2.75) is 50.0 Å². The Morgan fingerprint density at radius 2 is 1.81 bits per heavy atom. The van der Waals surface area contributed by atoms with Gasteiger partial charge in [-0.1, -0.05) is 35.9 Å². The van der Waals surface area contributed by atoms with E-state index in [1.807, 2.05) is 37.3 Å². The molecule has 2 aliphatic heterocycles. The molecule has 26 heavy (non-hydrogen) atoms. The van der Waals surface area contributed by atoms with Crippen LogP contribution >= 0.6 is 0 Å². The summed E-state index contributed by atoms with van der Waals surface area (Å²) in [5, 5.41) is 0. The van der Waals surface area contributed by atoms with Crippen LogP contribution in [-0.4, -0.2) is 21.1 Å². The molecule has 1 fully saturated rings. The summed E-state index contributed by atoms with van der Waals surface area (Å²) in [6.07, 6.45) is 1.33. The normalized spacial score (nSPS) is 23.0. The van der Waals surface area contributed by atoms with Gasteiger partial charge in [0.2, 0.25) is 10.0 Å². The van der Waals surface area contributed by atoms with Crippen LogP contribution in [0.15, 0.2) is 47.4 Å². The molecule has 2 aliphatic rings. The summed E-state index contributed by atoms with van der Waals surface area (Å²) in [5.74, 6) is 0. The Kier molecular flexibility index (Phi) is 4.84. The lowest BCUT2D eigenvalue weighted by Crippen LogP contribution is -2.42. The summed E-state index contributed by atoms with van der Waals surface area (Å²) >= 11 is 0. The summed E-state index contributed by atoms with van der Waals surface area (Å²) in [6.45, 7) is 3.70. The lowest BCUT2D eigenvalue weighted by molar-refractivity contribution is -0.00443. The number of hydrogen-bond acceptors (Lipinski definition) is 4. The Morgan fingerprint density at radius 1 is 1.04 bits per heavy atom. The van der Waals surface area contributed by atoms with Gasteiger partial charge in [-0.15, -0.1) is 0 Å². The molecule has 2 aromatic carbocycles. The van der Waals surface area contributed by atoms with Gasteiger partial charge in [0, 0.05) is 6.61 Å². The number of aryl methyl sites for hydroxylation is 1. The number of rotatable bonds is 4. The van der Waals surface area contributed by atoms with E-state index < -0.39 is 10.0 Å². The van der Waals surface area contributed by atoms with Crippen LogP contribution in [0.1, 0.15) is 41.2 Å². The molecular formula is C20H23NO4S. The number of sulfonamides is 1. The van der Waals surface area contributed by atoms with Crippen molar-refractivity contribution in [3.05, 3.63) is 64.7 Å². The van der Waals surface area contributed by atoms with Crippen LogP contribution < -0.4 is 4.72 Å². The van der Waals surface area contributed by atoms with Crippen LogP contribution in [0.2, 0.25) is 0 Å². The SMILES string of the molecule is Cc1ccc(C2OCCCC2NS(=O)(=O)c2ccc3c(c2)COC3)cc1. The highest BCUT2D eigenvalue weighted by molar-refractivity contribution is 7.89. The van der Waals surface area contributed by atoms with Gasteiger partial charge in [0.25, 0.3) is 0 Å². The van der Waals surface area contributed by atoms with Crippen molar-refractivity contribution in [2.24, 2.45) is 0 Å². The van der Waals surface area contributed by atoms with E-state index in [2.05, 4.69) is 4.72 Å². The molecule has 5 nitrogen and oxygen atoms in total. The Balaban J connectivity index is 1.58. The fraction of sp³-hybridized carbons (Fsp3) is 0.400. The van der Waals surface area contributed by atoms with Crippen molar-refractivity contribution in [2.75, 3.05) is 6.61 Å². The Labute approximate surface area is 154 Å². The number of ether oxygens (including phenoxy) is 2. The standard InChI is InChI=1S/C20H23NO4S/c1-14-4-6-15(7-5-14)20-19(3-2-10-25-20)21-26(22,23)18-9-8-16-12-24-13-17(16)11-18/h4-9,11,19-21H,2-3,10,12-13H2,1H3. The zero-order chi connectivity index (χ0) is 18.1. The van der Waals surface area contributed by atoms with Crippen LogP contribution in [0.4, 0.5) is 0 Å². The molecule has 4 rings (SSSR count). The second-order valence-corrected chi connectivity index (χ2v) is 8.71. The molecule has 1 saturated heterocycles. The Bertz CT molecular complexity index is 893. The fourth-order valence-corrected chi connectivity index (χ4v) is 4.89. The van der Waals surface area contributed by atoms with E-state index in [0.29, 0.717) is 19.8 Å². The lowest BCUT2D eigenvalue weighted by atomic mass is 9.96. The first-order valence-corrected chi connectivity index (χ1v) is 10.4. The van der Waals surface area contributed by atoms with E-state index in [1.54, 1.807) is 12.1 Å². The minimum absolute atomic E-state index is 0.267. The third-order valence-corrected chi connectivity index (χ3v) is 6.53. The Morgan fingerprint density at radius 3 is 2.62 bits per heavy atom. The summed E-state index contributed by atoms with van der Waals surface area (Å²) < 4.78 is 40.0. The van der Waals surface area contributed by atoms with Gasteiger partial charge in [-0.3, -0.25) is 0 Å². The predicted molar refractivity (Wildman–Crippen MR) is 98.2 cm³/mol. The van der Waals surface area contributed by atoms with Gasteiger partial charge >= 0.3 is 0 Å². The quantitative estimate of drug-likeness (QED) is 0.894. The Hall–Kier alpha value is -1.73. The van der Waals surface area contributed by atoms with Crippen molar-refractivity contribution >= 4 is 10.0 Å². The molecule has 138 valence electrons. The molecule has 2 heterocycles. The molecule has 2 aromatic rings. The second kappa shape index (κ2) is 7.12. The number of benzene rings is 2. The molecule has 0 radical (unpaired) electrons. The van der Waals surface area contributed by atoms with E-state index in [0.717, 1.165) is 29.5 Å². The largest absolute Gasteiger partial charge is 0.372 e. The maximum absolute atomic E-state index is 12.9. The summed E-state index contributed by atoms with van der Waals surface area (Å²) in [7, 11) is -3.62. The molecular weight excluding hydrogens is 350 g/mol. The zero-order valence-corrected chi connectivity index (χ0v) is 15.6. The highest BCUT2D eigenvalue weighted by Gasteiger charge is 2.32. The number of nitrogens with one attached hydrogen (secondary N) is 1. The molecule has 0 spiro atoms. The van der Waals surface area contributed by atoms with Crippen molar-refractivity contribution in [3.63, 3.8) is 0 Å². The minimum Gasteiger partial charge on any atom is -0.372 e. The first-order chi connectivity index (χ1) is 12.5. The van der Waals surface area contributed by atoms with Gasteiger partial charge in [0.05, 0.1) is 30.3 Å². The van der Waals surface area contributed by atoms with Crippen LogP contribution in [0.3, 0.4) is 0 Å². The van der Waals surface area contributed by atoms with Crippen molar-refractivity contribution < 1.29 is 17.9 Å². The smallest absolute Gasteiger partial charge is 0.240 e. The van der Waals surface area contributed by atoms with Gasteiger partial charge in [-0.2, -0.15) is 0 Å². The molecule has 1 N–H and O–H groups in total. The van der Waals surface area contributed by atoms with Gasteiger partial charge in [-0.25, -0.2) is 13.1 Å². The van der Waals surface area contributed by atoms with E-state index in [9.17, 15) is 8.42 Å². The van der Waals surface area contributed by atoms with E-state index >= 15 is 0 Å². The highest BCUT2D eigenvalue weighted by Crippen LogP contribution is 2.30. The van der Waals surface area contributed by atoms with Gasteiger partial charge < -0.3 is 9.47 Å².